The molecule has 0 unspecified atom stereocenters. The number of halogens is 4. The summed E-state index contributed by atoms with van der Waals surface area (Å²) in [6.07, 6.45) is 3.13. The number of hydrogen-bond acceptors (Lipinski definition) is 6. The minimum Gasteiger partial charge on any atom is -0.369 e. The molecule has 0 atom stereocenters. The van der Waals surface area contributed by atoms with E-state index in [1.165, 1.54) is 0 Å². The van der Waals surface area contributed by atoms with Gasteiger partial charge in [0.15, 0.2) is 5.52 Å². The van der Waals surface area contributed by atoms with Gasteiger partial charge in [-0.05, 0) is 43.6 Å². The van der Waals surface area contributed by atoms with Gasteiger partial charge in [0.2, 0.25) is 11.9 Å². The highest BCUT2D eigenvalue weighted by atomic mass is 35.5. The highest BCUT2D eigenvalue weighted by Crippen LogP contribution is 2.23. The number of H-pyrrole nitrogens is 1. The maximum Gasteiger partial charge on any atom is 0.278 e. The lowest BCUT2D eigenvalue weighted by Gasteiger charge is -2.30. The Morgan fingerprint density at radius 1 is 1.18 bits per heavy atom. The normalized spacial score (nSPS) is 14.5. The Kier molecular flexibility index (Phi) is 9.81. The first kappa shape index (κ1) is 27.2. The zero-order chi connectivity index (χ0) is 22.0. The zero-order valence-corrected chi connectivity index (χ0v) is 20.7. The van der Waals surface area contributed by atoms with E-state index < -0.39 is 0 Å². The number of nitrogens with one attached hydrogen (secondary N) is 2. The Bertz CT molecular complexity index is 1160. The van der Waals surface area contributed by atoms with Crippen LogP contribution in [0.2, 0.25) is 10.0 Å². The second-order valence-corrected chi connectivity index (χ2v) is 8.45. The molecule has 1 fully saturated rings. The molecule has 1 amide bonds. The van der Waals surface area contributed by atoms with Crippen LogP contribution in [0, 0.1) is 5.92 Å². The van der Waals surface area contributed by atoms with Crippen LogP contribution in [0.15, 0.2) is 29.2 Å². The average molecular weight is 537 g/mol. The third-order valence-corrected chi connectivity index (χ3v) is 6.30. The molecule has 1 aromatic carbocycles. The van der Waals surface area contributed by atoms with E-state index in [-0.39, 0.29) is 42.2 Å². The van der Waals surface area contributed by atoms with Crippen molar-refractivity contribution < 1.29 is 4.79 Å². The lowest BCUT2D eigenvalue weighted by Crippen LogP contribution is -2.40. The Balaban J connectivity index is 0.00000193. The molecule has 1 aliphatic heterocycles. The predicted octanol–water partition coefficient (Wildman–Crippen LogP) is 3.08. The van der Waals surface area contributed by atoms with E-state index in [1.807, 2.05) is 6.07 Å². The van der Waals surface area contributed by atoms with Gasteiger partial charge in [0, 0.05) is 19.0 Å². The molecule has 180 valence electrons. The van der Waals surface area contributed by atoms with Crippen LogP contribution in [-0.4, -0.2) is 50.2 Å². The van der Waals surface area contributed by atoms with Gasteiger partial charge in [-0.25, -0.2) is 4.98 Å². The van der Waals surface area contributed by atoms with E-state index in [0.717, 1.165) is 38.0 Å². The number of benzene rings is 1. The molecule has 0 bridgehead atoms. The molecule has 3 aromatic rings. The number of aromatic amines is 1. The maximum atomic E-state index is 12.7. The fourth-order valence-corrected chi connectivity index (χ4v) is 4.09. The fourth-order valence-electron chi connectivity index (χ4n) is 3.77. The molecule has 1 aliphatic rings. The molecule has 13 heteroatoms. The number of carbonyl (C=O) groups excluding carboxylic acids is 1. The molecule has 33 heavy (non-hydrogen) atoms. The molecular weight excluding hydrogens is 512 g/mol. The Hall–Kier alpha value is -2.04. The number of fused-ring (bicyclic) bond motifs is 1. The van der Waals surface area contributed by atoms with E-state index in [2.05, 4.69) is 25.3 Å². The van der Waals surface area contributed by atoms with Crippen LogP contribution in [0.4, 0.5) is 5.95 Å². The van der Waals surface area contributed by atoms with Crippen LogP contribution in [0.1, 0.15) is 18.4 Å². The second kappa shape index (κ2) is 11.9. The van der Waals surface area contributed by atoms with Crippen molar-refractivity contribution in [3.05, 3.63) is 50.4 Å². The third-order valence-electron chi connectivity index (χ3n) is 5.56. The minimum atomic E-state index is -0.258. The molecule has 3 heterocycles. The van der Waals surface area contributed by atoms with Gasteiger partial charge in [-0.15, -0.1) is 24.8 Å². The molecule has 0 saturated carbocycles. The van der Waals surface area contributed by atoms with E-state index >= 15 is 0 Å². The first-order chi connectivity index (χ1) is 14.9. The first-order valence-electron chi connectivity index (χ1n) is 10.1. The number of nitrogens with two attached hydrogens (primary N) is 1. The number of nitrogens with zero attached hydrogens (tertiary/aromatic N) is 4. The summed E-state index contributed by atoms with van der Waals surface area (Å²) in [7, 11) is 0. The van der Waals surface area contributed by atoms with Gasteiger partial charge in [0.1, 0.15) is 5.52 Å². The summed E-state index contributed by atoms with van der Waals surface area (Å²) >= 11 is 12.0. The number of piperidine rings is 1. The topological polar surface area (TPSA) is 122 Å². The number of anilines is 1. The molecule has 0 radical (unpaired) electrons. The van der Waals surface area contributed by atoms with Crippen molar-refractivity contribution in [2.24, 2.45) is 11.7 Å². The molecule has 9 nitrogen and oxygen atoms in total. The summed E-state index contributed by atoms with van der Waals surface area (Å²) in [5.74, 6) is 0.0965. The summed E-state index contributed by atoms with van der Waals surface area (Å²) in [5.41, 5.74) is 7.00. The maximum absolute atomic E-state index is 12.7. The van der Waals surface area contributed by atoms with Crippen molar-refractivity contribution in [2.75, 3.05) is 25.0 Å². The average Bonchev–Trinajstić information content (AvgIpc) is 3.17. The molecule has 1 saturated heterocycles. The summed E-state index contributed by atoms with van der Waals surface area (Å²) in [6.45, 7) is 3.35. The van der Waals surface area contributed by atoms with Crippen molar-refractivity contribution in [3.63, 3.8) is 0 Å². The summed E-state index contributed by atoms with van der Waals surface area (Å²) in [5, 5.41) is 8.39. The minimum absolute atomic E-state index is 0. The van der Waals surface area contributed by atoms with Crippen LogP contribution >= 0.6 is 48.0 Å². The van der Waals surface area contributed by atoms with Gasteiger partial charge >= 0.3 is 0 Å². The highest BCUT2D eigenvalue weighted by Gasteiger charge is 2.23. The van der Waals surface area contributed by atoms with Crippen LogP contribution in [0.5, 0.6) is 0 Å². The Morgan fingerprint density at radius 3 is 2.58 bits per heavy atom. The number of likely N-dealkylation sites (tertiary alicyclic amines) is 1. The smallest absolute Gasteiger partial charge is 0.278 e. The summed E-state index contributed by atoms with van der Waals surface area (Å²) in [6, 6.07) is 5.33. The first-order valence-corrected chi connectivity index (χ1v) is 10.8. The van der Waals surface area contributed by atoms with Crippen molar-refractivity contribution in [3.8, 4) is 0 Å². The van der Waals surface area contributed by atoms with Gasteiger partial charge in [-0.2, -0.15) is 5.10 Å². The van der Waals surface area contributed by atoms with Crippen LogP contribution < -0.4 is 16.6 Å². The SMILES string of the molecule is Cl.Cl.NC(=O)C1CCN(CCn2ncc3nc(NCc4ccc(Cl)c(Cl)c4)[nH]c(=O)c32)CC1. The Morgan fingerprint density at radius 2 is 1.91 bits per heavy atom. The molecule has 2 aromatic heterocycles. The second-order valence-electron chi connectivity index (χ2n) is 7.64. The van der Waals surface area contributed by atoms with E-state index in [9.17, 15) is 9.59 Å². The van der Waals surface area contributed by atoms with Gasteiger partial charge in [0.25, 0.3) is 5.56 Å². The van der Waals surface area contributed by atoms with Gasteiger partial charge < -0.3 is 16.0 Å². The van der Waals surface area contributed by atoms with Crippen molar-refractivity contribution >= 4 is 70.9 Å². The predicted molar refractivity (Wildman–Crippen MR) is 135 cm³/mol. The van der Waals surface area contributed by atoms with Crippen LogP contribution in [0.25, 0.3) is 11.0 Å². The number of hydrogen-bond donors (Lipinski definition) is 3. The highest BCUT2D eigenvalue weighted by molar-refractivity contribution is 6.42. The van der Waals surface area contributed by atoms with Crippen molar-refractivity contribution in [1.29, 1.82) is 0 Å². The number of aromatic nitrogens is 4. The zero-order valence-electron chi connectivity index (χ0n) is 17.6. The van der Waals surface area contributed by atoms with E-state index in [0.29, 0.717) is 40.1 Å². The number of carbonyl (C=O) groups is 1. The van der Waals surface area contributed by atoms with Crippen LogP contribution in [0.3, 0.4) is 0 Å². The lowest BCUT2D eigenvalue weighted by molar-refractivity contribution is -0.123. The Labute approximate surface area is 212 Å². The quantitative estimate of drug-likeness (QED) is 0.426. The monoisotopic (exact) mass is 535 g/mol. The van der Waals surface area contributed by atoms with Crippen molar-refractivity contribution in [1.82, 2.24) is 24.6 Å². The fraction of sp³-hybridized carbons (Fsp3) is 0.400. The van der Waals surface area contributed by atoms with E-state index in [4.69, 9.17) is 28.9 Å². The summed E-state index contributed by atoms with van der Waals surface area (Å²) < 4.78 is 1.67. The van der Waals surface area contributed by atoms with Gasteiger partial charge in [-0.1, -0.05) is 29.3 Å². The van der Waals surface area contributed by atoms with Crippen LogP contribution in [-0.2, 0) is 17.9 Å². The van der Waals surface area contributed by atoms with E-state index in [1.54, 1.807) is 23.0 Å². The number of primary amides is 1. The number of rotatable bonds is 7. The molecule has 0 spiro atoms. The van der Waals surface area contributed by atoms with Gasteiger partial charge in [0.05, 0.1) is 22.8 Å². The molecule has 4 N–H and O–H groups in total. The lowest BCUT2D eigenvalue weighted by atomic mass is 9.96. The molecular formula is C20H25Cl4N7O2. The van der Waals surface area contributed by atoms with Gasteiger partial charge in [-0.3, -0.25) is 19.3 Å². The molecule has 4 rings (SSSR count). The standard InChI is InChI=1S/C20H23Cl2N7O2.2ClH/c21-14-2-1-12(9-15(14)22)10-24-20-26-16-11-25-29(17(16)19(31)27-20)8-7-28-5-3-13(4-6-28)18(23)30;;/h1-2,9,11,13H,3-8,10H2,(H2,23,30)(H2,24,26,27,31);2*1H. The molecule has 0 aliphatic carbocycles. The van der Waals surface area contributed by atoms with Crippen molar-refractivity contribution in [2.45, 2.75) is 25.9 Å². The third kappa shape index (κ3) is 6.51. The summed E-state index contributed by atoms with van der Waals surface area (Å²) in [4.78, 5) is 33.4. The number of amides is 1. The largest absolute Gasteiger partial charge is 0.369 e.